The first kappa shape index (κ1) is 10.6. The summed E-state index contributed by atoms with van der Waals surface area (Å²) in [6.07, 6.45) is 3.76. The summed E-state index contributed by atoms with van der Waals surface area (Å²) in [5.74, 6) is 1.82. The fraction of sp³-hybridized carbons (Fsp3) is 0.909. The van der Waals surface area contributed by atoms with Crippen molar-refractivity contribution in [2.45, 2.75) is 40.0 Å². The maximum atomic E-state index is 11.1. The summed E-state index contributed by atoms with van der Waals surface area (Å²) in [4.78, 5) is 13.1. The molecule has 0 aromatic heterocycles. The lowest BCUT2D eigenvalue weighted by molar-refractivity contribution is -0.127. The number of hydrogen-bond donors (Lipinski definition) is 0. The first-order valence-corrected chi connectivity index (χ1v) is 5.39. The van der Waals surface area contributed by atoms with Gasteiger partial charge in [-0.2, -0.15) is 0 Å². The highest BCUT2D eigenvalue weighted by atomic mass is 16.2. The molecule has 1 saturated heterocycles. The van der Waals surface area contributed by atoms with Gasteiger partial charge in [0.25, 0.3) is 0 Å². The van der Waals surface area contributed by atoms with Crippen molar-refractivity contribution in [1.82, 2.24) is 4.90 Å². The second-order valence-electron chi connectivity index (χ2n) is 4.37. The van der Waals surface area contributed by atoms with Crippen LogP contribution in [0, 0.1) is 11.8 Å². The molecule has 0 aliphatic carbocycles. The van der Waals surface area contributed by atoms with E-state index in [1.165, 1.54) is 19.3 Å². The molecular weight excluding hydrogens is 162 g/mol. The van der Waals surface area contributed by atoms with Gasteiger partial charge in [0, 0.05) is 20.0 Å². The fourth-order valence-electron chi connectivity index (χ4n) is 2.05. The molecule has 0 radical (unpaired) electrons. The van der Waals surface area contributed by atoms with E-state index >= 15 is 0 Å². The molecule has 0 aromatic rings. The van der Waals surface area contributed by atoms with Gasteiger partial charge in [0.05, 0.1) is 0 Å². The minimum atomic E-state index is 0.242. The third-order valence-electron chi connectivity index (χ3n) is 3.16. The molecule has 2 heteroatoms. The molecule has 0 bridgehead atoms. The smallest absolute Gasteiger partial charge is 0.219 e. The Labute approximate surface area is 81.3 Å². The van der Waals surface area contributed by atoms with Gasteiger partial charge in [-0.15, -0.1) is 0 Å². The zero-order valence-corrected chi connectivity index (χ0v) is 9.05. The van der Waals surface area contributed by atoms with Gasteiger partial charge in [-0.05, 0) is 24.7 Å². The van der Waals surface area contributed by atoms with E-state index in [1.807, 2.05) is 4.90 Å². The summed E-state index contributed by atoms with van der Waals surface area (Å²) in [5.41, 5.74) is 0. The van der Waals surface area contributed by atoms with Crippen LogP contribution in [0.3, 0.4) is 0 Å². The van der Waals surface area contributed by atoms with E-state index in [1.54, 1.807) is 6.92 Å². The molecule has 1 unspecified atom stereocenters. The van der Waals surface area contributed by atoms with Crippen LogP contribution in [0.5, 0.6) is 0 Å². The van der Waals surface area contributed by atoms with E-state index in [-0.39, 0.29) is 5.91 Å². The zero-order valence-electron chi connectivity index (χ0n) is 9.05. The molecule has 1 aliphatic rings. The van der Waals surface area contributed by atoms with E-state index in [0.717, 1.165) is 24.9 Å². The van der Waals surface area contributed by atoms with Crippen molar-refractivity contribution in [2.75, 3.05) is 13.1 Å². The Bertz CT molecular complexity index is 179. The topological polar surface area (TPSA) is 20.3 Å². The highest BCUT2D eigenvalue weighted by Crippen LogP contribution is 2.24. The van der Waals surface area contributed by atoms with Crippen molar-refractivity contribution >= 4 is 5.91 Å². The van der Waals surface area contributed by atoms with Gasteiger partial charge in [0.15, 0.2) is 0 Å². The van der Waals surface area contributed by atoms with Crippen LogP contribution in [0.25, 0.3) is 0 Å². The Hall–Kier alpha value is -0.530. The maximum Gasteiger partial charge on any atom is 0.219 e. The Morgan fingerprint density at radius 2 is 2.31 bits per heavy atom. The van der Waals surface area contributed by atoms with E-state index < -0.39 is 0 Å². The highest BCUT2D eigenvalue weighted by Gasteiger charge is 2.24. The molecule has 0 aromatic carbocycles. The highest BCUT2D eigenvalue weighted by molar-refractivity contribution is 5.73. The van der Waals surface area contributed by atoms with Crippen molar-refractivity contribution in [3.05, 3.63) is 0 Å². The first-order chi connectivity index (χ1) is 6.13. The lowest BCUT2D eigenvalue weighted by Crippen LogP contribution is -2.26. The summed E-state index contributed by atoms with van der Waals surface area (Å²) in [7, 11) is 0. The minimum Gasteiger partial charge on any atom is -0.343 e. The number of nitrogens with zero attached hydrogens (tertiary/aromatic N) is 1. The summed E-state index contributed by atoms with van der Waals surface area (Å²) in [6, 6.07) is 0. The normalized spacial score (nSPS) is 24.8. The molecule has 0 saturated carbocycles. The van der Waals surface area contributed by atoms with Gasteiger partial charge in [-0.1, -0.05) is 20.3 Å². The van der Waals surface area contributed by atoms with Gasteiger partial charge in [-0.3, -0.25) is 4.79 Å². The Morgan fingerprint density at radius 3 is 2.77 bits per heavy atom. The Kier molecular flexibility index (Phi) is 3.76. The van der Waals surface area contributed by atoms with Gasteiger partial charge in [0.2, 0.25) is 5.91 Å². The standard InChI is InChI=1S/C11H21NO/c1-4-9(2)7-11-5-6-12(8-11)10(3)13/h9,11H,4-8H2,1-3H3/t9?,11-/m1/s1. The second-order valence-corrected chi connectivity index (χ2v) is 4.37. The predicted octanol–water partition coefficient (Wildman–Crippen LogP) is 2.29. The van der Waals surface area contributed by atoms with E-state index in [0.29, 0.717) is 0 Å². The average molecular weight is 183 g/mol. The SMILES string of the molecule is CCC(C)C[C@H]1CCN(C(C)=O)C1. The second kappa shape index (κ2) is 4.64. The zero-order chi connectivity index (χ0) is 9.84. The van der Waals surface area contributed by atoms with Gasteiger partial charge in [0.1, 0.15) is 0 Å². The molecular formula is C11H21NO. The monoisotopic (exact) mass is 183 g/mol. The van der Waals surface area contributed by atoms with Crippen LogP contribution < -0.4 is 0 Å². The van der Waals surface area contributed by atoms with E-state index in [2.05, 4.69) is 13.8 Å². The third-order valence-corrected chi connectivity index (χ3v) is 3.16. The van der Waals surface area contributed by atoms with Crippen molar-refractivity contribution in [3.63, 3.8) is 0 Å². The molecule has 2 nitrogen and oxygen atoms in total. The van der Waals surface area contributed by atoms with E-state index in [4.69, 9.17) is 0 Å². The van der Waals surface area contributed by atoms with Gasteiger partial charge < -0.3 is 4.90 Å². The van der Waals surface area contributed by atoms with Crippen molar-refractivity contribution < 1.29 is 4.79 Å². The number of rotatable bonds is 3. The summed E-state index contributed by atoms with van der Waals surface area (Å²) < 4.78 is 0. The maximum absolute atomic E-state index is 11.1. The fourth-order valence-corrected chi connectivity index (χ4v) is 2.05. The molecule has 0 spiro atoms. The van der Waals surface area contributed by atoms with Crippen LogP contribution in [-0.2, 0) is 4.79 Å². The average Bonchev–Trinajstić information content (AvgIpc) is 2.52. The van der Waals surface area contributed by atoms with Crippen LogP contribution >= 0.6 is 0 Å². The van der Waals surface area contributed by atoms with Crippen molar-refractivity contribution in [3.8, 4) is 0 Å². The van der Waals surface area contributed by atoms with Crippen LogP contribution in [0.2, 0.25) is 0 Å². The molecule has 2 atom stereocenters. The van der Waals surface area contributed by atoms with Crippen molar-refractivity contribution in [1.29, 1.82) is 0 Å². The number of carbonyl (C=O) groups is 1. The summed E-state index contributed by atoms with van der Waals surface area (Å²) >= 11 is 0. The van der Waals surface area contributed by atoms with Crippen LogP contribution in [0.15, 0.2) is 0 Å². The lowest BCUT2D eigenvalue weighted by atomic mass is 9.93. The molecule has 1 heterocycles. The van der Waals surface area contributed by atoms with Crippen LogP contribution in [0.1, 0.15) is 40.0 Å². The largest absolute Gasteiger partial charge is 0.343 e. The Balaban J connectivity index is 2.29. The van der Waals surface area contributed by atoms with Crippen LogP contribution in [0.4, 0.5) is 0 Å². The minimum absolute atomic E-state index is 0.242. The predicted molar refractivity (Wildman–Crippen MR) is 54.4 cm³/mol. The van der Waals surface area contributed by atoms with E-state index in [9.17, 15) is 4.79 Å². The Morgan fingerprint density at radius 1 is 1.62 bits per heavy atom. The summed E-state index contributed by atoms with van der Waals surface area (Å²) in [5, 5.41) is 0. The third kappa shape index (κ3) is 3.02. The van der Waals surface area contributed by atoms with Gasteiger partial charge >= 0.3 is 0 Å². The molecule has 0 N–H and O–H groups in total. The van der Waals surface area contributed by atoms with Crippen LogP contribution in [-0.4, -0.2) is 23.9 Å². The molecule has 1 rings (SSSR count). The lowest BCUT2D eigenvalue weighted by Gasteiger charge is -2.16. The van der Waals surface area contributed by atoms with Gasteiger partial charge in [-0.25, -0.2) is 0 Å². The molecule has 1 aliphatic heterocycles. The number of hydrogen-bond acceptors (Lipinski definition) is 1. The molecule has 76 valence electrons. The number of likely N-dealkylation sites (tertiary alicyclic amines) is 1. The number of amides is 1. The number of carbonyl (C=O) groups excluding carboxylic acids is 1. The quantitative estimate of drug-likeness (QED) is 0.657. The summed E-state index contributed by atoms with van der Waals surface area (Å²) in [6.45, 7) is 8.19. The van der Waals surface area contributed by atoms with Crippen molar-refractivity contribution in [2.24, 2.45) is 11.8 Å². The molecule has 1 amide bonds. The first-order valence-electron chi connectivity index (χ1n) is 5.39. The molecule has 1 fully saturated rings. The molecule has 13 heavy (non-hydrogen) atoms.